The van der Waals surface area contributed by atoms with Gasteiger partial charge in [-0.2, -0.15) is 10.1 Å². The summed E-state index contributed by atoms with van der Waals surface area (Å²) < 4.78 is 32.5. The van der Waals surface area contributed by atoms with Crippen molar-refractivity contribution in [2.75, 3.05) is 11.9 Å². The summed E-state index contributed by atoms with van der Waals surface area (Å²) in [4.78, 5) is 33.1. The van der Waals surface area contributed by atoms with E-state index in [1.807, 2.05) is 0 Å². The van der Waals surface area contributed by atoms with Crippen LogP contribution in [-0.2, 0) is 7.05 Å². The van der Waals surface area contributed by atoms with E-state index in [1.165, 1.54) is 12.3 Å². The van der Waals surface area contributed by atoms with E-state index in [4.69, 9.17) is 15.9 Å². The minimum atomic E-state index is -2.56. The minimum Gasteiger partial charge on any atom is -0.474 e. The first-order valence-electron chi connectivity index (χ1n) is 11.8. The average Bonchev–Trinajstić information content (AvgIpc) is 3.18. The molecule has 3 aromatic heterocycles. The van der Waals surface area contributed by atoms with Crippen LogP contribution in [0.4, 0.5) is 14.6 Å². The van der Waals surface area contributed by atoms with Gasteiger partial charge in [0.2, 0.25) is 5.88 Å². The molecule has 1 spiro atoms. The Morgan fingerprint density at radius 2 is 2.05 bits per heavy atom. The monoisotopic (exact) mass is 512 g/mol. The number of aromatic nitrogens is 4. The molecular weight excluding hydrogens is 486 g/mol. The summed E-state index contributed by atoms with van der Waals surface area (Å²) >= 11 is 0. The van der Waals surface area contributed by atoms with Crippen LogP contribution in [0.5, 0.6) is 5.88 Å². The van der Waals surface area contributed by atoms with E-state index in [9.17, 15) is 18.4 Å². The number of amides is 2. The second-order valence-corrected chi connectivity index (χ2v) is 9.69. The fourth-order valence-electron chi connectivity index (χ4n) is 5.20. The second-order valence-electron chi connectivity index (χ2n) is 9.69. The third-order valence-electron chi connectivity index (χ3n) is 6.99. The minimum absolute atomic E-state index is 0.0152. The second kappa shape index (κ2) is 9.37. The molecule has 0 saturated heterocycles. The molecule has 2 amide bonds. The molecule has 2 aliphatic rings. The van der Waals surface area contributed by atoms with E-state index >= 15 is 0 Å². The maximum absolute atomic E-state index is 12.7. The molecule has 2 saturated carbocycles. The van der Waals surface area contributed by atoms with Gasteiger partial charge in [0, 0.05) is 36.5 Å². The molecule has 37 heavy (non-hydrogen) atoms. The van der Waals surface area contributed by atoms with Crippen LogP contribution >= 0.6 is 0 Å². The molecule has 2 aliphatic carbocycles. The van der Waals surface area contributed by atoms with Gasteiger partial charge in [0.05, 0.1) is 18.3 Å². The lowest BCUT2D eigenvalue weighted by atomic mass is 9.53. The highest BCUT2D eigenvalue weighted by molar-refractivity contribution is 5.98. The number of carbonyl (C=O) groups is 2. The van der Waals surface area contributed by atoms with Crippen LogP contribution in [0, 0.1) is 10.8 Å². The van der Waals surface area contributed by atoms with E-state index in [1.54, 1.807) is 24.0 Å². The third kappa shape index (κ3) is 4.80. The van der Waals surface area contributed by atoms with Crippen molar-refractivity contribution in [2.45, 2.75) is 44.3 Å². The smallest absolute Gasteiger partial charge is 0.255 e. The van der Waals surface area contributed by atoms with Crippen molar-refractivity contribution in [1.82, 2.24) is 25.1 Å². The molecule has 3 heterocycles. The standard InChI is InChI=1S/C24H26F2N8O3/c1-34-21-13(10-31-34)3-17(19(28)35)23(33-21)37-16-6-24(7-16)4-15(5-24)32-22(36)14-2-12(8-27)20(29-9-14)30-11-18(25)26/h2-3,8-10,15-16,18,27H,4-7,11H2,1H3,(H2,28,35)(H,29,30)(H,32,36)/t15-,16-,24?. The number of anilines is 1. The first kappa shape index (κ1) is 24.5. The molecule has 5 rings (SSSR count). The molecule has 0 radical (unpaired) electrons. The third-order valence-corrected chi connectivity index (χ3v) is 6.99. The van der Waals surface area contributed by atoms with E-state index in [2.05, 4.69) is 25.7 Å². The van der Waals surface area contributed by atoms with E-state index in [0.29, 0.717) is 11.0 Å². The number of pyridine rings is 2. The number of carbonyl (C=O) groups excluding carboxylic acids is 2. The fourth-order valence-corrected chi connectivity index (χ4v) is 5.20. The molecule has 0 atom stereocenters. The Labute approximate surface area is 210 Å². The average molecular weight is 513 g/mol. The lowest BCUT2D eigenvalue weighted by molar-refractivity contribution is -0.0847. The van der Waals surface area contributed by atoms with E-state index in [-0.39, 0.29) is 51.9 Å². The van der Waals surface area contributed by atoms with Crippen LogP contribution < -0.4 is 21.1 Å². The Kier molecular flexibility index (Phi) is 6.21. The molecule has 2 fully saturated rings. The number of halogens is 2. The summed E-state index contributed by atoms with van der Waals surface area (Å²) in [5, 5.41) is 17.8. The summed E-state index contributed by atoms with van der Waals surface area (Å²) in [5.74, 6) is -0.616. The number of fused-ring (bicyclic) bond motifs is 1. The number of aryl methyl sites for hydroxylation is 1. The van der Waals surface area contributed by atoms with Crippen molar-refractivity contribution in [3.8, 4) is 5.88 Å². The predicted octanol–water partition coefficient (Wildman–Crippen LogP) is 2.26. The van der Waals surface area contributed by atoms with E-state index < -0.39 is 18.9 Å². The Bertz CT molecular complexity index is 1380. The highest BCUT2D eigenvalue weighted by Gasteiger charge is 2.54. The van der Waals surface area contributed by atoms with Crippen molar-refractivity contribution in [1.29, 1.82) is 5.41 Å². The lowest BCUT2D eigenvalue weighted by Crippen LogP contribution is -2.58. The number of primary amides is 1. The van der Waals surface area contributed by atoms with Crippen LogP contribution in [0.1, 0.15) is 52.0 Å². The highest BCUT2D eigenvalue weighted by Crippen LogP contribution is 2.56. The van der Waals surface area contributed by atoms with Gasteiger partial charge in [0.1, 0.15) is 17.5 Å². The molecule has 194 valence electrons. The van der Waals surface area contributed by atoms with Crippen molar-refractivity contribution in [3.05, 3.63) is 41.2 Å². The van der Waals surface area contributed by atoms with Crippen LogP contribution in [0.25, 0.3) is 11.0 Å². The van der Waals surface area contributed by atoms with Gasteiger partial charge >= 0.3 is 0 Å². The largest absolute Gasteiger partial charge is 0.474 e. The molecule has 11 nitrogen and oxygen atoms in total. The van der Waals surface area contributed by atoms with Gasteiger partial charge in [-0.1, -0.05) is 0 Å². The Morgan fingerprint density at radius 3 is 2.73 bits per heavy atom. The number of nitrogens with two attached hydrogens (primary N) is 1. The summed E-state index contributed by atoms with van der Waals surface area (Å²) in [6.45, 7) is -0.591. The number of nitrogens with one attached hydrogen (secondary N) is 3. The summed E-state index contributed by atoms with van der Waals surface area (Å²) in [6, 6.07) is 3.07. The fraction of sp³-hybridized carbons (Fsp3) is 0.417. The quantitative estimate of drug-likeness (QED) is 0.320. The molecule has 5 N–H and O–H groups in total. The van der Waals surface area contributed by atoms with Crippen molar-refractivity contribution in [3.63, 3.8) is 0 Å². The zero-order valence-electron chi connectivity index (χ0n) is 20.0. The lowest BCUT2D eigenvalue weighted by Gasteiger charge is -2.57. The van der Waals surface area contributed by atoms with Gasteiger partial charge in [0.25, 0.3) is 18.2 Å². The molecular formula is C24H26F2N8O3. The maximum atomic E-state index is 12.7. The van der Waals surface area contributed by atoms with E-state index in [0.717, 1.165) is 31.9 Å². The molecule has 0 bridgehead atoms. The van der Waals surface area contributed by atoms with Crippen molar-refractivity contribution >= 4 is 34.9 Å². The normalized spacial score (nSPS) is 22.4. The van der Waals surface area contributed by atoms with Gasteiger partial charge in [-0.25, -0.2) is 13.8 Å². The number of nitrogens with zero attached hydrogens (tertiary/aromatic N) is 4. The molecule has 0 aromatic carbocycles. The van der Waals surface area contributed by atoms with Crippen LogP contribution in [0.3, 0.4) is 0 Å². The number of ether oxygens (including phenoxy) is 1. The zero-order valence-corrected chi connectivity index (χ0v) is 20.0. The van der Waals surface area contributed by atoms with Crippen LogP contribution in [0.2, 0.25) is 0 Å². The predicted molar refractivity (Wildman–Crippen MR) is 130 cm³/mol. The van der Waals surface area contributed by atoms with Crippen LogP contribution in [-0.4, -0.2) is 62.9 Å². The number of hydrogen-bond acceptors (Lipinski definition) is 8. The molecule has 13 heteroatoms. The Balaban J connectivity index is 1.15. The Hall–Kier alpha value is -4.16. The summed E-state index contributed by atoms with van der Waals surface area (Å²) in [5.41, 5.74) is 6.92. The first-order chi connectivity index (χ1) is 17.7. The highest BCUT2D eigenvalue weighted by atomic mass is 19.3. The number of hydrogen-bond donors (Lipinski definition) is 4. The van der Waals surface area contributed by atoms with Crippen LogP contribution in [0.15, 0.2) is 24.5 Å². The SMILES string of the molecule is Cn1ncc2cc(C(N)=O)c(O[C@H]3CC4(C[C@H](NC(=O)c5cnc(NCC(F)F)c(C=N)c5)C4)C3)nc21. The summed E-state index contributed by atoms with van der Waals surface area (Å²) in [7, 11) is 1.75. The first-order valence-corrected chi connectivity index (χ1v) is 11.8. The topological polar surface area (TPSA) is 161 Å². The van der Waals surface area contributed by atoms with Gasteiger partial charge in [-0.05, 0) is 43.2 Å². The van der Waals surface area contributed by atoms with Gasteiger partial charge < -0.3 is 26.5 Å². The molecule has 3 aromatic rings. The van der Waals surface area contributed by atoms with Gasteiger partial charge in [-0.3, -0.25) is 14.3 Å². The Morgan fingerprint density at radius 1 is 1.30 bits per heavy atom. The maximum Gasteiger partial charge on any atom is 0.255 e. The zero-order chi connectivity index (χ0) is 26.3. The van der Waals surface area contributed by atoms with Gasteiger partial charge in [-0.15, -0.1) is 0 Å². The molecule has 0 unspecified atom stereocenters. The molecule has 0 aliphatic heterocycles. The summed E-state index contributed by atoms with van der Waals surface area (Å²) in [6.07, 6.45) is 4.33. The number of rotatable bonds is 9. The van der Waals surface area contributed by atoms with Crippen molar-refractivity contribution in [2.24, 2.45) is 18.2 Å². The van der Waals surface area contributed by atoms with Gasteiger partial charge in [0.15, 0.2) is 5.65 Å². The van der Waals surface area contributed by atoms with Crippen molar-refractivity contribution < 1.29 is 23.1 Å². The number of alkyl halides is 2.